The third kappa shape index (κ3) is 4.04. The Balaban J connectivity index is 1.84. The SMILES string of the molecule is O=C(NCC(Br)c1ccccc1)C1CCS(=O)(=O)C1. The lowest BCUT2D eigenvalue weighted by Crippen LogP contribution is -2.33. The lowest BCUT2D eigenvalue weighted by Gasteiger charge is -2.13. The summed E-state index contributed by atoms with van der Waals surface area (Å²) >= 11 is 3.51. The van der Waals surface area contributed by atoms with Gasteiger partial charge in [0.05, 0.1) is 22.3 Å². The molecular weight excluding hydrogens is 330 g/mol. The summed E-state index contributed by atoms with van der Waals surface area (Å²) in [5, 5.41) is 2.81. The number of halogens is 1. The number of hydrogen-bond donors (Lipinski definition) is 1. The van der Waals surface area contributed by atoms with Gasteiger partial charge in [0.1, 0.15) is 0 Å². The van der Waals surface area contributed by atoms with Gasteiger partial charge in [-0.2, -0.15) is 0 Å². The molecule has 6 heteroatoms. The summed E-state index contributed by atoms with van der Waals surface area (Å²) in [6.07, 6.45) is 0.437. The minimum absolute atomic E-state index is 0.0167. The first-order valence-electron chi connectivity index (χ1n) is 6.15. The zero-order valence-corrected chi connectivity index (χ0v) is 12.8. The van der Waals surface area contributed by atoms with Gasteiger partial charge in [0.25, 0.3) is 0 Å². The molecule has 0 saturated carbocycles. The topological polar surface area (TPSA) is 63.2 Å². The lowest BCUT2D eigenvalue weighted by atomic mass is 10.1. The van der Waals surface area contributed by atoms with Crippen LogP contribution >= 0.6 is 15.9 Å². The van der Waals surface area contributed by atoms with Gasteiger partial charge in [0.15, 0.2) is 9.84 Å². The van der Waals surface area contributed by atoms with Gasteiger partial charge in [0, 0.05) is 6.54 Å². The van der Waals surface area contributed by atoms with Crippen LogP contribution in [0.15, 0.2) is 30.3 Å². The highest BCUT2D eigenvalue weighted by Crippen LogP contribution is 2.22. The molecule has 2 unspecified atom stereocenters. The third-order valence-corrected chi connectivity index (χ3v) is 5.84. The second kappa shape index (κ2) is 6.05. The van der Waals surface area contributed by atoms with E-state index in [9.17, 15) is 13.2 Å². The van der Waals surface area contributed by atoms with Gasteiger partial charge in [0.2, 0.25) is 5.91 Å². The van der Waals surface area contributed by atoms with Crippen LogP contribution in [0.4, 0.5) is 0 Å². The Labute approximate surface area is 121 Å². The van der Waals surface area contributed by atoms with E-state index in [2.05, 4.69) is 21.2 Å². The summed E-state index contributed by atoms with van der Waals surface area (Å²) in [6.45, 7) is 0.458. The Morgan fingerprint density at radius 2 is 2.05 bits per heavy atom. The fourth-order valence-electron chi connectivity index (χ4n) is 2.12. The van der Waals surface area contributed by atoms with E-state index >= 15 is 0 Å². The van der Waals surface area contributed by atoms with Gasteiger partial charge in [-0.3, -0.25) is 4.79 Å². The van der Waals surface area contributed by atoms with Crippen LogP contribution in [0.3, 0.4) is 0 Å². The van der Waals surface area contributed by atoms with Crippen LogP contribution in [0.5, 0.6) is 0 Å². The fraction of sp³-hybridized carbons (Fsp3) is 0.462. The molecule has 19 heavy (non-hydrogen) atoms. The monoisotopic (exact) mass is 345 g/mol. The standard InChI is InChI=1S/C13H16BrNO3S/c14-12(10-4-2-1-3-5-10)8-15-13(16)11-6-7-19(17,18)9-11/h1-5,11-12H,6-9H2,(H,15,16). The van der Waals surface area contributed by atoms with E-state index in [1.807, 2.05) is 30.3 Å². The minimum atomic E-state index is -3.00. The van der Waals surface area contributed by atoms with Crippen molar-refractivity contribution in [2.45, 2.75) is 11.2 Å². The van der Waals surface area contributed by atoms with E-state index < -0.39 is 9.84 Å². The largest absolute Gasteiger partial charge is 0.354 e. The van der Waals surface area contributed by atoms with Crippen molar-refractivity contribution < 1.29 is 13.2 Å². The normalized spacial score (nSPS) is 22.9. The molecule has 1 aliphatic rings. The molecule has 1 N–H and O–H groups in total. The van der Waals surface area contributed by atoms with Crippen molar-refractivity contribution in [3.8, 4) is 0 Å². The molecule has 1 fully saturated rings. The molecule has 1 aromatic carbocycles. The Bertz CT molecular complexity index is 544. The molecule has 0 aromatic heterocycles. The molecule has 104 valence electrons. The summed E-state index contributed by atoms with van der Waals surface area (Å²) in [5.74, 6) is -0.444. The van der Waals surface area contributed by atoms with Crippen LogP contribution < -0.4 is 5.32 Å². The molecule has 0 aliphatic carbocycles. The Kier molecular flexibility index (Phi) is 4.62. The van der Waals surface area contributed by atoms with Gasteiger partial charge in [-0.1, -0.05) is 46.3 Å². The molecule has 2 rings (SSSR count). The van der Waals surface area contributed by atoms with Gasteiger partial charge in [-0.05, 0) is 12.0 Å². The number of carbonyl (C=O) groups excluding carboxylic acids is 1. The smallest absolute Gasteiger partial charge is 0.224 e. The maximum absolute atomic E-state index is 11.9. The molecule has 1 saturated heterocycles. The van der Waals surface area contributed by atoms with Crippen molar-refractivity contribution in [1.82, 2.24) is 5.32 Å². The molecule has 1 aromatic rings. The highest BCUT2D eigenvalue weighted by atomic mass is 79.9. The summed E-state index contributed by atoms with van der Waals surface area (Å²) in [6, 6.07) is 9.77. The zero-order valence-electron chi connectivity index (χ0n) is 10.4. The molecule has 1 aliphatic heterocycles. The van der Waals surface area contributed by atoms with E-state index in [0.717, 1.165) is 5.56 Å². The number of carbonyl (C=O) groups is 1. The Hall–Kier alpha value is -0.880. The van der Waals surface area contributed by atoms with E-state index in [0.29, 0.717) is 13.0 Å². The zero-order chi connectivity index (χ0) is 13.9. The summed E-state index contributed by atoms with van der Waals surface area (Å²) < 4.78 is 22.6. The fourth-order valence-corrected chi connectivity index (χ4v) is 4.32. The van der Waals surface area contributed by atoms with Gasteiger partial charge in [-0.25, -0.2) is 8.42 Å². The number of benzene rings is 1. The second-order valence-corrected chi connectivity index (χ2v) is 8.06. The van der Waals surface area contributed by atoms with Crippen LogP contribution in [-0.2, 0) is 14.6 Å². The van der Waals surface area contributed by atoms with Crippen molar-refractivity contribution in [3.05, 3.63) is 35.9 Å². The van der Waals surface area contributed by atoms with Crippen LogP contribution in [0.1, 0.15) is 16.8 Å². The van der Waals surface area contributed by atoms with Gasteiger partial charge in [-0.15, -0.1) is 0 Å². The number of nitrogens with one attached hydrogen (secondary N) is 1. The second-order valence-electron chi connectivity index (χ2n) is 4.72. The predicted octanol–water partition coefficient (Wildman–Crippen LogP) is 1.67. The molecular formula is C13H16BrNO3S. The van der Waals surface area contributed by atoms with Crippen molar-refractivity contribution in [2.75, 3.05) is 18.1 Å². The van der Waals surface area contributed by atoms with Gasteiger partial charge < -0.3 is 5.32 Å². The van der Waals surface area contributed by atoms with Gasteiger partial charge >= 0.3 is 0 Å². The van der Waals surface area contributed by atoms with E-state index in [4.69, 9.17) is 0 Å². The number of amides is 1. The van der Waals surface area contributed by atoms with Crippen LogP contribution in [-0.4, -0.2) is 32.4 Å². The van der Waals surface area contributed by atoms with Crippen molar-refractivity contribution in [2.24, 2.45) is 5.92 Å². The van der Waals surface area contributed by atoms with Crippen molar-refractivity contribution in [1.29, 1.82) is 0 Å². The molecule has 1 heterocycles. The summed E-state index contributed by atoms with van der Waals surface area (Å²) in [4.78, 5) is 11.9. The number of hydrogen-bond acceptors (Lipinski definition) is 3. The first-order chi connectivity index (χ1) is 8.98. The van der Waals surface area contributed by atoms with E-state index in [1.165, 1.54) is 0 Å². The van der Waals surface area contributed by atoms with Crippen LogP contribution in [0.25, 0.3) is 0 Å². The van der Waals surface area contributed by atoms with Crippen LogP contribution in [0.2, 0.25) is 0 Å². The third-order valence-electron chi connectivity index (χ3n) is 3.22. The molecule has 2 atom stereocenters. The Morgan fingerprint density at radius 3 is 2.63 bits per heavy atom. The first kappa shape index (κ1) is 14.5. The molecule has 0 radical (unpaired) electrons. The summed E-state index contributed by atoms with van der Waals surface area (Å²) in [5.41, 5.74) is 1.09. The number of sulfone groups is 1. The Morgan fingerprint density at radius 1 is 1.37 bits per heavy atom. The average Bonchev–Trinajstić information content (AvgIpc) is 2.77. The van der Waals surface area contributed by atoms with Crippen molar-refractivity contribution in [3.63, 3.8) is 0 Å². The molecule has 0 bridgehead atoms. The predicted molar refractivity (Wildman–Crippen MR) is 77.9 cm³/mol. The summed E-state index contributed by atoms with van der Waals surface area (Å²) in [7, 11) is -3.00. The highest BCUT2D eigenvalue weighted by Gasteiger charge is 2.32. The highest BCUT2D eigenvalue weighted by molar-refractivity contribution is 9.09. The van der Waals surface area contributed by atoms with E-state index in [-0.39, 0.29) is 28.2 Å². The maximum atomic E-state index is 11.9. The van der Waals surface area contributed by atoms with E-state index in [1.54, 1.807) is 0 Å². The maximum Gasteiger partial charge on any atom is 0.224 e. The average molecular weight is 346 g/mol. The van der Waals surface area contributed by atoms with Crippen molar-refractivity contribution >= 4 is 31.7 Å². The molecule has 1 amide bonds. The van der Waals surface area contributed by atoms with Crippen LogP contribution in [0, 0.1) is 5.92 Å². The minimum Gasteiger partial charge on any atom is -0.354 e. The number of alkyl halides is 1. The molecule has 0 spiro atoms. The molecule has 4 nitrogen and oxygen atoms in total. The first-order valence-corrected chi connectivity index (χ1v) is 8.89. The quantitative estimate of drug-likeness (QED) is 0.844. The lowest BCUT2D eigenvalue weighted by molar-refractivity contribution is -0.124. The number of rotatable bonds is 4.